The second-order valence-corrected chi connectivity index (χ2v) is 9.18. The summed E-state index contributed by atoms with van der Waals surface area (Å²) >= 11 is 6.06. The summed E-state index contributed by atoms with van der Waals surface area (Å²) in [5.74, 6) is 0.465. The van der Waals surface area contributed by atoms with Crippen molar-refractivity contribution in [3.8, 4) is 5.75 Å². The van der Waals surface area contributed by atoms with E-state index < -0.39 is 10.0 Å². The van der Waals surface area contributed by atoms with E-state index in [1.165, 1.54) is 7.11 Å². The van der Waals surface area contributed by atoms with Gasteiger partial charge in [-0.3, -0.25) is 9.62 Å². The van der Waals surface area contributed by atoms with Crippen LogP contribution in [-0.4, -0.2) is 45.3 Å². The lowest BCUT2D eigenvalue weighted by atomic mass is 10.1. The molecule has 0 aromatic heterocycles. The van der Waals surface area contributed by atoms with Crippen molar-refractivity contribution in [2.24, 2.45) is 0 Å². The van der Waals surface area contributed by atoms with Gasteiger partial charge in [0.2, 0.25) is 10.0 Å². The molecule has 1 heterocycles. The van der Waals surface area contributed by atoms with Crippen molar-refractivity contribution in [2.45, 2.75) is 19.9 Å². The third-order valence-corrected chi connectivity index (χ3v) is 6.24. The van der Waals surface area contributed by atoms with Crippen LogP contribution in [0.15, 0.2) is 42.5 Å². The predicted molar refractivity (Wildman–Crippen MR) is 115 cm³/mol. The monoisotopic (exact) mass is 437 g/mol. The summed E-state index contributed by atoms with van der Waals surface area (Å²) in [5, 5.41) is 0.626. The Morgan fingerprint density at radius 1 is 1.17 bits per heavy atom. The number of carbonyl (C=O) groups is 1. The van der Waals surface area contributed by atoms with Crippen LogP contribution in [0.2, 0.25) is 5.02 Å². The highest BCUT2D eigenvalue weighted by atomic mass is 35.5. The lowest BCUT2D eigenvalue weighted by Crippen LogP contribution is -2.49. The van der Waals surface area contributed by atoms with Gasteiger partial charge in [-0.2, -0.15) is 0 Å². The van der Waals surface area contributed by atoms with Crippen molar-refractivity contribution in [1.82, 2.24) is 4.90 Å². The molecule has 1 N–H and O–H groups in total. The Bertz CT molecular complexity index is 997. The number of hydrogen-bond acceptors (Lipinski definition) is 4. The zero-order valence-electron chi connectivity index (χ0n) is 16.4. The fraction of sp³-hybridized carbons (Fsp3) is 0.350. The van der Waals surface area contributed by atoms with Gasteiger partial charge in [-0.25, -0.2) is 13.2 Å². The largest absolute Gasteiger partial charge is 0.495 e. The smallest absolute Gasteiger partial charge is 0.324 e. The summed E-state index contributed by atoms with van der Waals surface area (Å²) in [6.45, 7) is 3.16. The van der Waals surface area contributed by atoms with Crippen LogP contribution >= 0.6 is 11.6 Å². The van der Waals surface area contributed by atoms with Crippen LogP contribution in [0.1, 0.15) is 18.9 Å². The third-order valence-electron chi connectivity index (χ3n) is 4.70. The number of nitrogens with zero attached hydrogens (tertiary/aromatic N) is 2. The number of ether oxygens (including phenoxy) is 1. The Labute approximate surface area is 176 Å². The van der Waals surface area contributed by atoms with E-state index in [2.05, 4.69) is 4.72 Å². The first-order valence-corrected chi connectivity index (χ1v) is 11.4. The van der Waals surface area contributed by atoms with Crippen molar-refractivity contribution in [3.05, 3.63) is 53.1 Å². The molecule has 29 heavy (non-hydrogen) atoms. The fourth-order valence-corrected chi connectivity index (χ4v) is 4.07. The fourth-order valence-electron chi connectivity index (χ4n) is 3.22. The second kappa shape index (κ2) is 8.92. The Kier molecular flexibility index (Phi) is 6.54. The van der Waals surface area contributed by atoms with E-state index in [4.69, 9.17) is 16.3 Å². The van der Waals surface area contributed by atoms with E-state index in [0.717, 1.165) is 12.0 Å². The molecule has 0 aliphatic carbocycles. The standard InChI is InChI=1S/C20H24ClN3O4S/c1-3-29(26,27)22-17-8-9-19(28-2)18(13-17)24-11-5-10-23(20(24)25)14-15-6-4-7-16(21)12-15/h4,6-9,12-13,22H,3,5,10-11,14H2,1-2H3. The number of amides is 2. The molecular weight excluding hydrogens is 414 g/mol. The molecule has 2 amide bonds. The van der Waals surface area contributed by atoms with Crippen LogP contribution in [0.5, 0.6) is 5.75 Å². The minimum atomic E-state index is -3.43. The zero-order valence-corrected chi connectivity index (χ0v) is 18.0. The maximum atomic E-state index is 13.2. The number of rotatable bonds is 7. The van der Waals surface area contributed by atoms with E-state index in [-0.39, 0.29) is 11.8 Å². The number of anilines is 2. The Morgan fingerprint density at radius 2 is 1.97 bits per heavy atom. The molecule has 1 aliphatic heterocycles. The maximum absolute atomic E-state index is 13.2. The molecule has 0 saturated carbocycles. The summed E-state index contributed by atoms with van der Waals surface area (Å²) in [6, 6.07) is 12.2. The predicted octanol–water partition coefficient (Wildman–Crippen LogP) is 3.94. The van der Waals surface area contributed by atoms with E-state index in [1.807, 2.05) is 18.2 Å². The molecule has 0 atom stereocenters. The van der Waals surface area contributed by atoms with Crippen molar-refractivity contribution in [2.75, 3.05) is 35.6 Å². The molecule has 0 bridgehead atoms. The summed E-state index contributed by atoms with van der Waals surface area (Å²) < 4.78 is 31.8. The number of hydrogen-bond donors (Lipinski definition) is 1. The number of carbonyl (C=O) groups excluding carboxylic acids is 1. The van der Waals surface area contributed by atoms with Crippen LogP contribution in [0.4, 0.5) is 16.2 Å². The van der Waals surface area contributed by atoms with Crippen LogP contribution in [0, 0.1) is 0 Å². The topological polar surface area (TPSA) is 79.0 Å². The molecule has 2 aromatic carbocycles. The zero-order chi connectivity index (χ0) is 21.0. The van der Waals surface area contributed by atoms with E-state index in [9.17, 15) is 13.2 Å². The molecule has 1 fully saturated rings. The van der Waals surface area contributed by atoms with Crippen molar-refractivity contribution < 1.29 is 17.9 Å². The van der Waals surface area contributed by atoms with E-state index in [0.29, 0.717) is 41.8 Å². The maximum Gasteiger partial charge on any atom is 0.324 e. The van der Waals surface area contributed by atoms with Gasteiger partial charge in [0.25, 0.3) is 0 Å². The van der Waals surface area contributed by atoms with Gasteiger partial charge < -0.3 is 9.64 Å². The number of nitrogens with one attached hydrogen (secondary N) is 1. The molecule has 0 radical (unpaired) electrons. The molecule has 1 aliphatic rings. The van der Waals surface area contributed by atoms with Crippen molar-refractivity contribution >= 4 is 39.0 Å². The first-order chi connectivity index (χ1) is 13.8. The minimum absolute atomic E-state index is 0.0373. The molecule has 0 spiro atoms. The second-order valence-electron chi connectivity index (χ2n) is 6.73. The Morgan fingerprint density at radius 3 is 2.66 bits per heavy atom. The molecule has 9 heteroatoms. The van der Waals surface area contributed by atoms with Crippen LogP contribution in [-0.2, 0) is 16.6 Å². The van der Waals surface area contributed by atoms with Gasteiger partial charge in [-0.15, -0.1) is 0 Å². The number of methoxy groups -OCH3 is 1. The van der Waals surface area contributed by atoms with E-state index in [1.54, 1.807) is 41.0 Å². The molecule has 3 rings (SSSR count). The average Bonchev–Trinajstić information content (AvgIpc) is 2.69. The van der Waals surface area contributed by atoms with Gasteiger partial charge in [0, 0.05) is 24.7 Å². The lowest BCUT2D eigenvalue weighted by Gasteiger charge is -2.36. The first kappa shape index (κ1) is 21.3. The highest BCUT2D eigenvalue weighted by Gasteiger charge is 2.29. The molecule has 2 aromatic rings. The quantitative estimate of drug-likeness (QED) is 0.711. The van der Waals surface area contributed by atoms with Gasteiger partial charge >= 0.3 is 6.03 Å². The lowest BCUT2D eigenvalue weighted by molar-refractivity contribution is 0.192. The van der Waals surface area contributed by atoms with Gasteiger partial charge in [-0.1, -0.05) is 23.7 Å². The highest BCUT2D eigenvalue weighted by Crippen LogP contribution is 2.34. The van der Waals surface area contributed by atoms with E-state index >= 15 is 0 Å². The molecule has 7 nitrogen and oxygen atoms in total. The van der Waals surface area contributed by atoms with Gasteiger partial charge in [0.15, 0.2) is 0 Å². The molecule has 156 valence electrons. The highest BCUT2D eigenvalue weighted by molar-refractivity contribution is 7.92. The summed E-state index contributed by atoms with van der Waals surface area (Å²) in [7, 11) is -1.91. The van der Waals surface area contributed by atoms with Gasteiger partial charge in [0.1, 0.15) is 5.75 Å². The number of benzene rings is 2. The van der Waals surface area contributed by atoms with Crippen LogP contribution < -0.4 is 14.4 Å². The van der Waals surface area contributed by atoms with Crippen LogP contribution in [0.3, 0.4) is 0 Å². The number of halogens is 1. The summed E-state index contributed by atoms with van der Waals surface area (Å²) in [4.78, 5) is 16.5. The molecule has 1 saturated heterocycles. The minimum Gasteiger partial charge on any atom is -0.495 e. The number of sulfonamides is 1. The summed E-state index contributed by atoms with van der Waals surface area (Å²) in [6.07, 6.45) is 0.778. The third kappa shape index (κ3) is 5.13. The normalized spacial score (nSPS) is 14.8. The van der Waals surface area contributed by atoms with Gasteiger partial charge in [-0.05, 0) is 49.2 Å². The first-order valence-electron chi connectivity index (χ1n) is 9.32. The van der Waals surface area contributed by atoms with Crippen LogP contribution in [0.25, 0.3) is 0 Å². The van der Waals surface area contributed by atoms with Crippen molar-refractivity contribution in [1.29, 1.82) is 0 Å². The Balaban J connectivity index is 1.87. The molecular formula is C20H24ClN3O4S. The summed E-state index contributed by atoms with van der Waals surface area (Å²) in [5.41, 5.74) is 1.87. The SMILES string of the molecule is CCS(=O)(=O)Nc1ccc(OC)c(N2CCCN(Cc3cccc(Cl)c3)C2=O)c1. The van der Waals surface area contributed by atoms with Gasteiger partial charge in [0.05, 0.1) is 24.2 Å². The number of urea groups is 1. The van der Waals surface area contributed by atoms with Crippen molar-refractivity contribution in [3.63, 3.8) is 0 Å². The molecule has 0 unspecified atom stereocenters. The Hall–Kier alpha value is -2.45. The average molecular weight is 438 g/mol.